The average molecular weight is 445 g/mol. The van der Waals surface area contributed by atoms with Crippen molar-refractivity contribution in [2.24, 2.45) is 0 Å². The van der Waals surface area contributed by atoms with Gasteiger partial charge in [-0.25, -0.2) is 0 Å². The van der Waals surface area contributed by atoms with Gasteiger partial charge in [-0.15, -0.1) is 11.3 Å². The lowest BCUT2D eigenvalue weighted by atomic mass is 10.1. The molecule has 29 heavy (non-hydrogen) atoms. The van der Waals surface area contributed by atoms with Crippen molar-refractivity contribution in [2.75, 3.05) is 16.8 Å². The topological polar surface area (TPSA) is 49.4 Å². The molecular formula is C22H18Cl2N2O2S. The number of anilines is 2. The molecule has 0 saturated carbocycles. The first-order valence-electron chi connectivity index (χ1n) is 9.27. The maximum Gasteiger partial charge on any atom is 0.258 e. The largest absolute Gasteiger partial charge is 0.322 e. The molecule has 0 aliphatic carbocycles. The summed E-state index contributed by atoms with van der Waals surface area (Å²) in [6.07, 6.45) is 3.11. The summed E-state index contributed by atoms with van der Waals surface area (Å²) in [4.78, 5) is 28.6. The first-order valence-corrected chi connectivity index (χ1v) is 10.9. The standard InChI is InChI=1S/C22H18Cl2N2O2S/c23-16-11-15(12-17(24)13-16)21(27)25-18-6-4-14(5-7-18)22(28)26-9-2-1-3-20-19(26)8-10-29-20/h4-8,10-13H,1-3,9H2,(H,25,27). The fourth-order valence-electron chi connectivity index (χ4n) is 3.39. The van der Waals surface area contributed by atoms with Crippen LogP contribution >= 0.6 is 34.5 Å². The highest BCUT2D eigenvalue weighted by atomic mass is 35.5. The van der Waals surface area contributed by atoms with Crippen LogP contribution in [0.1, 0.15) is 38.4 Å². The fraction of sp³-hybridized carbons (Fsp3) is 0.182. The van der Waals surface area contributed by atoms with Gasteiger partial charge in [0.25, 0.3) is 11.8 Å². The van der Waals surface area contributed by atoms with E-state index in [4.69, 9.17) is 23.2 Å². The summed E-state index contributed by atoms with van der Waals surface area (Å²) >= 11 is 13.6. The molecule has 4 rings (SSSR count). The second kappa shape index (κ2) is 8.57. The summed E-state index contributed by atoms with van der Waals surface area (Å²) in [6, 6.07) is 13.6. The zero-order valence-electron chi connectivity index (χ0n) is 15.5. The van der Waals surface area contributed by atoms with E-state index in [1.54, 1.807) is 53.8 Å². The lowest BCUT2D eigenvalue weighted by molar-refractivity contribution is 0.0986. The van der Waals surface area contributed by atoms with E-state index in [-0.39, 0.29) is 11.8 Å². The highest BCUT2D eigenvalue weighted by molar-refractivity contribution is 7.10. The number of aryl methyl sites for hydroxylation is 1. The summed E-state index contributed by atoms with van der Waals surface area (Å²) < 4.78 is 0. The Kier molecular flexibility index (Phi) is 5.90. The van der Waals surface area contributed by atoms with E-state index in [1.165, 1.54) is 4.88 Å². The Hall–Kier alpha value is -2.34. The summed E-state index contributed by atoms with van der Waals surface area (Å²) in [5, 5.41) is 5.63. The highest BCUT2D eigenvalue weighted by Gasteiger charge is 2.23. The first kappa shape index (κ1) is 20.0. The van der Waals surface area contributed by atoms with Gasteiger partial charge in [0, 0.05) is 38.3 Å². The minimum absolute atomic E-state index is 0.0222. The molecule has 3 aromatic rings. The van der Waals surface area contributed by atoms with Crippen LogP contribution in [0.25, 0.3) is 0 Å². The van der Waals surface area contributed by atoms with Crippen LogP contribution in [0.15, 0.2) is 53.9 Å². The molecule has 0 radical (unpaired) electrons. The molecule has 2 heterocycles. The molecule has 1 N–H and O–H groups in total. The van der Waals surface area contributed by atoms with Gasteiger partial charge in [-0.05, 0) is 73.2 Å². The Morgan fingerprint density at radius 2 is 1.66 bits per heavy atom. The summed E-state index contributed by atoms with van der Waals surface area (Å²) in [5.41, 5.74) is 2.58. The van der Waals surface area contributed by atoms with Crippen LogP contribution in [0.3, 0.4) is 0 Å². The Labute approximate surface area is 183 Å². The zero-order valence-corrected chi connectivity index (χ0v) is 17.8. The molecule has 0 spiro atoms. The van der Waals surface area contributed by atoms with Gasteiger partial charge in [-0.1, -0.05) is 23.2 Å². The Bertz CT molecular complexity index is 1040. The summed E-state index contributed by atoms with van der Waals surface area (Å²) in [5.74, 6) is -0.338. The maximum atomic E-state index is 13.1. The van der Waals surface area contributed by atoms with Crippen molar-refractivity contribution >= 4 is 57.7 Å². The normalized spacial score (nSPS) is 13.5. The monoisotopic (exact) mass is 444 g/mol. The minimum atomic E-state index is -0.316. The van der Waals surface area contributed by atoms with Crippen molar-refractivity contribution in [1.29, 1.82) is 0 Å². The highest BCUT2D eigenvalue weighted by Crippen LogP contribution is 2.32. The Balaban J connectivity index is 1.49. The Morgan fingerprint density at radius 3 is 2.38 bits per heavy atom. The van der Waals surface area contributed by atoms with Crippen LogP contribution in [0.2, 0.25) is 10.0 Å². The van der Waals surface area contributed by atoms with Crippen LogP contribution in [-0.2, 0) is 6.42 Å². The molecule has 148 valence electrons. The lowest BCUT2D eigenvalue weighted by Crippen LogP contribution is -2.31. The predicted molar refractivity (Wildman–Crippen MR) is 120 cm³/mol. The number of hydrogen-bond donors (Lipinski definition) is 1. The average Bonchev–Trinajstić information content (AvgIpc) is 3.06. The third kappa shape index (κ3) is 4.47. The molecule has 1 aliphatic rings. The summed E-state index contributed by atoms with van der Waals surface area (Å²) in [7, 11) is 0. The number of nitrogens with zero attached hydrogens (tertiary/aromatic N) is 1. The minimum Gasteiger partial charge on any atom is -0.322 e. The van der Waals surface area contributed by atoms with E-state index in [9.17, 15) is 9.59 Å². The van der Waals surface area contributed by atoms with E-state index in [1.807, 2.05) is 16.3 Å². The van der Waals surface area contributed by atoms with Crippen LogP contribution < -0.4 is 10.2 Å². The van der Waals surface area contributed by atoms with Crippen LogP contribution in [0, 0.1) is 0 Å². The Morgan fingerprint density at radius 1 is 0.931 bits per heavy atom. The number of carbonyl (C=O) groups is 2. The van der Waals surface area contributed by atoms with Gasteiger partial charge in [0.1, 0.15) is 0 Å². The number of halogens is 2. The smallest absolute Gasteiger partial charge is 0.258 e. The zero-order chi connectivity index (χ0) is 20.4. The number of rotatable bonds is 3. The molecule has 7 heteroatoms. The van der Waals surface area contributed by atoms with Gasteiger partial charge in [-0.2, -0.15) is 0 Å². The van der Waals surface area contributed by atoms with Gasteiger partial charge in [-0.3, -0.25) is 9.59 Å². The number of thiophene rings is 1. The van der Waals surface area contributed by atoms with Crippen LogP contribution in [-0.4, -0.2) is 18.4 Å². The van der Waals surface area contributed by atoms with E-state index < -0.39 is 0 Å². The van der Waals surface area contributed by atoms with Crippen molar-refractivity contribution < 1.29 is 9.59 Å². The van der Waals surface area contributed by atoms with E-state index in [2.05, 4.69) is 5.32 Å². The van der Waals surface area contributed by atoms with Crippen molar-refractivity contribution in [3.63, 3.8) is 0 Å². The number of benzene rings is 2. The molecule has 0 bridgehead atoms. The molecule has 1 aliphatic heterocycles. The molecule has 0 fully saturated rings. The molecule has 2 aromatic carbocycles. The quantitative estimate of drug-likeness (QED) is 0.515. The van der Waals surface area contributed by atoms with Gasteiger partial charge < -0.3 is 10.2 Å². The van der Waals surface area contributed by atoms with E-state index in [0.29, 0.717) is 26.9 Å². The van der Waals surface area contributed by atoms with E-state index >= 15 is 0 Å². The van der Waals surface area contributed by atoms with Crippen molar-refractivity contribution in [3.05, 3.63) is 80.0 Å². The first-order chi connectivity index (χ1) is 14.0. The predicted octanol–water partition coefficient (Wildman–Crippen LogP) is 6.29. The molecular weight excluding hydrogens is 427 g/mol. The third-order valence-corrected chi connectivity index (χ3v) is 6.21. The van der Waals surface area contributed by atoms with Crippen LogP contribution in [0.5, 0.6) is 0 Å². The maximum absolute atomic E-state index is 13.1. The molecule has 0 saturated heterocycles. The van der Waals surface area contributed by atoms with Gasteiger partial charge in [0.2, 0.25) is 0 Å². The molecule has 2 amide bonds. The number of nitrogens with one attached hydrogen (secondary N) is 1. The second-order valence-corrected chi connectivity index (χ2v) is 8.71. The fourth-order valence-corrected chi connectivity index (χ4v) is 4.84. The molecule has 0 unspecified atom stereocenters. The molecule has 0 atom stereocenters. The van der Waals surface area contributed by atoms with Gasteiger partial charge >= 0.3 is 0 Å². The lowest BCUT2D eigenvalue weighted by Gasteiger charge is -2.21. The van der Waals surface area contributed by atoms with Gasteiger partial charge in [0.15, 0.2) is 0 Å². The number of amides is 2. The second-order valence-electron chi connectivity index (χ2n) is 6.83. The van der Waals surface area contributed by atoms with Gasteiger partial charge in [0.05, 0.1) is 5.69 Å². The molecule has 4 nitrogen and oxygen atoms in total. The SMILES string of the molecule is O=C(Nc1ccc(C(=O)N2CCCCc3sccc32)cc1)c1cc(Cl)cc(Cl)c1. The van der Waals surface area contributed by atoms with Crippen molar-refractivity contribution in [3.8, 4) is 0 Å². The van der Waals surface area contributed by atoms with Crippen molar-refractivity contribution in [1.82, 2.24) is 0 Å². The summed E-state index contributed by atoms with van der Waals surface area (Å²) in [6.45, 7) is 0.719. The number of hydrogen-bond acceptors (Lipinski definition) is 3. The number of fused-ring (bicyclic) bond motifs is 1. The van der Waals surface area contributed by atoms with Crippen LogP contribution in [0.4, 0.5) is 11.4 Å². The third-order valence-electron chi connectivity index (χ3n) is 4.81. The van der Waals surface area contributed by atoms with Crippen molar-refractivity contribution in [2.45, 2.75) is 19.3 Å². The van der Waals surface area contributed by atoms with E-state index in [0.717, 1.165) is 31.5 Å². The number of carbonyl (C=O) groups excluding carboxylic acids is 2. The molecule has 1 aromatic heterocycles.